The van der Waals surface area contributed by atoms with Crippen LogP contribution in [-0.4, -0.2) is 9.33 Å². The van der Waals surface area contributed by atoms with E-state index in [2.05, 4.69) is 140 Å². The zero-order valence-corrected chi connectivity index (χ0v) is 21.7. The number of hydrogen-bond donors (Lipinski definition) is 0. The van der Waals surface area contributed by atoms with E-state index >= 15 is 0 Å². The van der Waals surface area contributed by atoms with Gasteiger partial charge in [-0.1, -0.05) is 105 Å². The Kier molecular flexibility index (Phi) is 8.37. The lowest BCUT2D eigenvalue weighted by atomic mass is 9.76. The molecule has 3 aromatic rings. The maximum Gasteiger partial charge on any atom is 0.0633 e. The van der Waals surface area contributed by atoms with Crippen LogP contribution in [0.1, 0.15) is 49.8 Å². The maximum absolute atomic E-state index is 2.49. The third-order valence-electron chi connectivity index (χ3n) is 6.08. The molecule has 1 atom stereocenters. The van der Waals surface area contributed by atoms with Crippen LogP contribution in [0.4, 0.5) is 0 Å². The fourth-order valence-corrected chi connectivity index (χ4v) is 10.0. The summed E-state index contributed by atoms with van der Waals surface area (Å²) in [5.74, 6) is 3.30. The molecular formula is C29H34S3. The average molecular weight is 479 g/mol. The topological polar surface area (TPSA) is 0 Å². The van der Waals surface area contributed by atoms with Crippen LogP contribution in [0, 0.1) is 5.41 Å². The molecule has 4 rings (SSSR count). The highest BCUT2D eigenvalue weighted by atomic mass is 32.2. The minimum Gasteiger partial charge on any atom is -0.154 e. The highest BCUT2D eigenvalue weighted by molar-refractivity contribution is 8.17. The summed E-state index contributed by atoms with van der Waals surface area (Å²) in [5, 5.41) is 0.700. The minimum absolute atomic E-state index is 0.252. The van der Waals surface area contributed by atoms with Crippen molar-refractivity contribution in [3.05, 3.63) is 108 Å². The molecule has 1 fully saturated rings. The number of thioether (sulfide) groups is 3. The van der Waals surface area contributed by atoms with Crippen LogP contribution in [0.25, 0.3) is 0 Å². The number of benzene rings is 3. The molecule has 3 aromatic carbocycles. The van der Waals surface area contributed by atoms with E-state index in [1.807, 2.05) is 0 Å². The second-order valence-electron chi connectivity index (χ2n) is 9.63. The van der Waals surface area contributed by atoms with Gasteiger partial charge >= 0.3 is 0 Å². The van der Waals surface area contributed by atoms with Crippen molar-refractivity contribution in [2.75, 3.05) is 0 Å². The highest BCUT2D eigenvalue weighted by Crippen LogP contribution is 2.57. The molecule has 1 aliphatic rings. The second kappa shape index (κ2) is 11.2. The Labute approximate surface area is 207 Å². The first kappa shape index (κ1) is 23.9. The van der Waals surface area contributed by atoms with Crippen molar-refractivity contribution in [3.8, 4) is 0 Å². The van der Waals surface area contributed by atoms with Crippen molar-refractivity contribution < 1.29 is 0 Å². The molecular weight excluding hydrogens is 445 g/mol. The van der Waals surface area contributed by atoms with Gasteiger partial charge in [0.25, 0.3) is 0 Å². The van der Waals surface area contributed by atoms with E-state index in [0.29, 0.717) is 10.7 Å². The zero-order valence-electron chi connectivity index (χ0n) is 19.2. The molecule has 0 nitrogen and oxygen atoms in total. The first-order chi connectivity index (χ1) is 15.5. The molecule has 0 aliphatic heterocycles. The smallest absolute Gasteiger partial charge is 0.0633 e. The van der Waals surface area contributed by atoms with Gasteiger partial charge in [0.15, 0.2) is 0 Å². The fraction of sp³-hybridized carbons (Fsp3) is 0.379. The number of rotatable bonds is 9. The molecule has 0 heterocycles. The normalized spacial score (nSPS) is 19.5. The van der Waals surface area contributed by atoms with Gasteiger partial charge in [0.2, 0.25) is 0 Å². The highest BCUT2D eigenvalue weighted by Gasteiger charge is 2.45. The van der Waals surface area contributed by atoms with Gasteiger partial charge in [0, 0.05) is 22.5 Å². The molecule has 0 bridgehead atoms. The Morgan fingerprint density at radius 2 is 1.06 bits per heavy atom. The van der Waals surface area contributed by atoms with E-state index in [1.165, 1.54) is 36.0 Å². The van der Waals surface area contributed by atoms with E-state index < -0.39 is 0 Å². The van der Waals surface area contributed by atoms with Gasteiger partial charge in [-0.05, 0) is 41.4 Å². The Balaban J connectivity index is 1.50. The summed E-state index contributed by atoms with van der Waals surface area (Å²) in [4.78, 5) is 0. The van der Waals surface area contributed by atoms with Crippen molar-refractivity contribution in [3.63, 3.8) is 0 Å². The van der Waals surface area contributed by atoms with E-state index in [0.717, 1.165) is 17.3 Å². The number of hydrogen-bond acceptors (Lipinski definition) is 3. The molecule has 1 saturated carbocycles. The Hall–Kier alpha value is -1.29. The second-order valence-corrected chi connectivity index (χ2v) is 13.9. The summed E-state index contributed by atoms with van der Waals surface area (Å²) >= 11 is 6.56. The average Bonchev–Trinajstić information content (AvgIpc) is 2.81. The summed E-state index contributed by atoms with van der Waals surface area (Å²) in [7, 11) is 0. The predicted octanol–water partition coefficient (Wildman–Crippen LogP) is 9.06. The summed E-state index contributed by atoms with van der Waals surface area (Å²) in [6, 6.07) is 33.0. The lowest BCUT2D eigenvalue weighted by Gasteiger charge is -2.47. The van der Waals surface area contributed by atoms with Crippen LogP contribution in [0.2, 0.25) is 0 Å². The van der Waals surface area contributed by atoms with Crippen molar-refractivity contribution in [2.24, 2.45) is 5.41 Å². The fourth-order valence-electron chi connectivity index (χ4n) is 4.65. The van der Waals surface area contributed by atoms with Crippen molar-refractivity contribution in [2.45, 2.75) is 59.7 Å². The van der Waals surface area contributed by atoms with Gasteiger partial charge in [0.1, 0.15) is 0 Å². The first-order valence-corrected chi connectivity index (χ1v) is 14.6. The first-order valence-electron chi connectivity index (χ1n) is 11.5. The summed E-state index contributed by atoms with van der Waals surface area (Å²) < 4.78 is 0.252. The molecule has 1 aliphatic carbocycles. The van der Waals surface area contributed by atoms with Crippen LogP contribution in [-0.2, 0) is 17.3 Å². The van der Waals surface area contributed by atoms with Gasteiger partial charge in [-0.25, -0.2) is 0 Å². The lowest BCUT2D eigenvalue weighted by Crippen LogP contribution is -2.40. The Morgan fingerprint density at radius 3 is 1.53 bits per heavy atom. The third kappa shape index (κ3) is 7.10. The van der Waals surface area contributed by atoms with Crippen LogP contribution in [0.15, 0.2) is 91.0 Å². The van der Waals surface area contributed by atoms with Crippen LogP contribution >= 0.6 is 35.3 Å². The SMILES string of the molecule is CC1(C)CC(SCc2ccccc2)CC(SCc2ccccc2)(SCc2ccccc2)C1. The lowest BCUT2D eigenvalue weighted by molar-refractivity contribution is 0.245. The summed E-state index contributed by atoms with van der Waals surface area (Å²) in [6.07, 6.45) is 3.87. The standard InChI is InChI=1S/C29H34S3/c1-28(2)18-27(30-20-24-12-6-3-7-13-24)19-29(23-28,31-21-25-14-8-4-9-15-25)32-22-26-16-10-5-11-17-26/h3-17,27H,18-23H2,1-2H3. The molecule has 32 heavy (non-hydrogen) atoms. The van der Waals surface area contributed by atoms with Gasteiger partial charge < -0.3 is 0 Å². The van der Waals surface area contributed by atoms with Crippen LogP contribution in [0.3, 0.4) is 0 Å². The minimum atomic E-state index is 0.252. The third-order valence-corrected chi connectivity index (χ3v) is 10.7. The van der Waals surface area contributed by atoms with E-state index in [1.54, 1.807) is 0 Å². The zero-order chi connectivity index (χ0) is 22.3. The molecule has 0 spiro atoms. The van der Waals surface area contributed by atoms with E-state index in [9.17, 15) is 0 Å². The summed E-state index contributed by atoms with van der Waals surface area (Å²) in [6.45, 7) is 4.98. The quantitative estimate of drug-likeness (QED) is 0.281. The van der Waals surface area contributed by atoms with Crippen LogP contribution in [0.5, 0.6) is 0 Å². The van der Waals surface area contributed by atoms with Gasteiger partial charge in [0.05, 0.1) is 4.08 Å². The van der Waals surface area contributed by atoms with Gasteiger partial charge in [-0.3, -0.25) is 0 Å². The summed E-state index contributed by atoms with van der Waals surface area (Å²) in [5.41, 5.74) is 4.68. The van der Waals surface area contributed by atoms with Crippen molar-refractivity contribution >= 4 is 35.3 Å². The van der Waals surface area contributed by atoms with Crippen molar-refractivity contribution in [1.29, 1.82) is 0 Å². The molecule has 0 N–H and O–H groups in total. The van der Waals surface area contributed by atoms with E-state index in [4.69, 9.17) is 0 Å². The molecule has 0 aromatic heterocycles. The van der Waals surface area contributed by atoms with Gasteiger partial charge in [-0.2, -0.15) is 11.8 Å². The predicted molar refractivity (Wildman–Crippen MR) is 147 cm³/mol. The Bertz CT molecular complexity index is 894. The monoisotopic (exact) mass is 478 g/mol. The molecule has 3 heteroatoms. The molecule has 0 amide bonds. The van der Waals surface area contributed by atoms with Gasteiger partial charge in [-0.15, -0.1) is 23.5 Å². The maximum atomic E-state index is 2.49. The van der Waals surface area contributed by atoms with Crippen LogP contribution < -0.4 is 0 Å². The molecule has 168 valence electrons. The molecule has 0 radical (unpaired) electrons. The largest absolute Gasteiger partial charge is 0.154 e. The van der Waals surface area contributed by atoms with E-state index in [-0.39, 0.29) is 4.08 Å². The van der Waals surface area contributed by atoms with Crippen molar-refractivity contribution in [1.82, 2.24) is 0 Å². The molecule has 0 saturated heterocycles. The molecule has 1 unspecified atom stereocenters. The Morgan fingerprint density at radius 1 is 0.625 bits per heavy atom.